The molecule has 1 saturated heterocycles. The summed E-state index contributed by atoms with van der Waals surface area (Å²) >= 11 is 0. The van der Waals surface area contributed by atoms with Crippen LogP contribution in [0.25, 0.3) is 0 Å². The topological polar surface area (TPSA) is 3.24 Å². The Balaban J connectivity index is 1.73. The maximum Gasteiger partial charge on any atom is 0.0315 e. The van der Waals surface area contributed by atoms with Gasteiger partial charge < -0.3 is 4.90 Å². The smallest absolute Gasteiger partial charge is 0.0315 e. The largest absolute Gasteiger partial charge is 0.372 e. The van der Waals surface area contributed by atoms with Gasteiger partial charge in [-0.2, -0.15) is 0 Å². The zero-order valence-electron chi connectivity index (χ0n) is 9.75. The molecule has 0 N–H and O–H groups in total. The fourth-order valence-corrected chi connectivity index (χ4v) is 3.85. The molecule has 1 heteroatoms. The van der Waals surface area contributed by atoms with Gasteiger partial charge in [0.1, 0.15) is 0 Å². The lowest BCUT2D eigenvalue weighted by Crippen LogP contribution is -2.29. The highest BCUT2D eigenvalue weighted by Crippen LogP contribution is 2.40. The molecule has 0 aromatic heterocycles. The molecule has 0 spiro atoms. The molecule has 3 rings (SSSR count). The number of hydrogen-bond donors (Lipinski definition) is 0. The van der Waals surface area contributed by atoms with E-state index in [0.29, 0.717) is 0 Å². The van der Waals surface area contributed by atoms with Crippen molar-refractivity contribution < 1.29 is 0 Å². The van der Waals surface area contributed by atoms with Crippen molar-refractivity contribution in [1.82, 2.24) is 4.90 Å². The lowest BCUT2D eigenvalue weighted by molar-refractivity contribution is 0.292. The third-order valence-corrected chi connectivity index (χ3v) is 4.65. The van der Waals surface area contributed by atoms with Crippen LogP contribution in [0.5, 0.6) is 0 Å². The van der Waals surface area contributed by atoms with E-state index in [1.54, 1.807) is 5.70 Å². The quantitative estimate of drug-likeness (QED) is 0.631. The molecular weight excluding hydrogens is 182 g/mol. The first-order valence-electron chi connectivity index (χ1n) is 6.91. The molecule has 2 fully saturated rings. The summed E-state index contributed by atoms with van der Waals surface area (Å²) in [6, 6.07) is 0.939. The van der Waals surface area contributed by atoms with E-state index in [4.69, 9.17) is 0 Å². The summed E-state index contributed by atoms with van der Waals surface area (Å²) in [7, 11) is 0. The van der Waals surface area contributed by atoms with E-state index in [1.165, 1.54) is 64.3 Å². The van der Waals surface area contributed by atoms with Gasteiger partial charge >= 0.3 is 0 Å². The Bertz CT molecular complexity index is 256. The van der Waals surface area contributed by atoms with Crippen LogP contribution in [0.2, 0.25) is 0 Å². The van der Waals surface area contributed by atoms with Gasteiger partial charge in [0.2, 0.25) is 0 Å². The molecule has 0 aromatic rings. The van der Waals surface area contributed by atoms with E-state index >= 15 is 0 Å². The fraction of sp³-hybridized carbons (Fsp3) is 0.857. The summed E-state index contributed by atoms with van der Waals surface area (Å²) in [6.45, 7) is 1.36. The third-order valence-electron chi connectivity index (χ3n) is 4.65. The number of likely N-dealkylation sites (tertiary alicyclic amines) is 1. The van der Waals surface area contributed by atoms with Crippen LogP contribution < -0.4 is 0 Å². The van der Waals surface area contributed by atoms with Crippen LogP contribution in [0, 0.1) is 5.92 Å². The summed E-state index contributed by atoms with van der Waals surface area (Å²) in [4.78, 5) is 2.78. The minimum Gasteiger partial charge on any atom is -0.372 e. The molecule has 1 heterocycles. The van der Waals surface area contributed by atoms with Crippen LogP contribution in [-0.4, -0.2) is 17.5 Å². The first-order chi connectivity index (χ1) is 7.45. The van der Waals surface area contributed by atoms with Crippen LogP contribution in [-0.2, 0) is 0 Å². The fourth-order valence-electron chi connectivity index (χ4n) is 3.85. The van der Waals surface area contributed by atoms with Gasteiger partial charge in [0.05, 0.1) is 0 Å². The zero-order chi connectivity index (χ0) is 10.1. The molecule has 2 atom stereocenters. The minimum atomic E-state index is 0.939. The molecule has 3 aliphatic rings. The second-order valence-corrected chi connectivity index (χ2v) is 5.54. The van der Waals surface area contributed by atoms with Crippen LogP contribution in [0.4, 0.5) is 0 Å². The zero-order valence-corrected chi connectivity index (χ0v) is 9.75. The van der Waals surface area contributed by atoms with Gasteiger partial charge in [0.15, 0.2) is 0 Å². The average Bonchev–Trinajstić information content (AvgIpc) is 2.74. The summed E-state index contributed by atoms with van der Waals surface area (Å²) < 4.78 is 0. The van der Waals surface area contributed by atoms with Crippen molar-refractivity contribution >= 4 is 0 Å². The van der Waals surface area contributed by atoms with Crippen molar-refractivity contribution in [3.05, 3.63) is 11.8 Å². The molecule has 0 unspecified atom stereocenters. The van der Waals surface area contributed by atoms with Crippen molar-refractivity contribution in [2.75, 3.05) is 6.54 Å². The van der Waals surface area contributed by atoms with E-state index in [1.807, 2.05) is 0 Å². The number of hydrogen-bond acceptors (Lipinski definition) is 1. The van der Waals surface area contributed by atoms with Gasteiger partial charge in [-0.1, -0.05) is 18.9 Å². The molecule has 84 valence electrons. The summed E-state index contributed by atoms with van der Waals surface area (Å²) in [5.74, 6) is 1.05. The van der Waals surface area contributed by atoms with Crippen LogP contribution in [0.15, 0.2) is 11.8 Å². The Morgan fingerprint density at radius 3 is 3.00 bits per heavy atom. The standard InChI is InChI=1S/C14H23N/c1-2-4-8-13(7-3-1)15-11-10-12-6-5-9-14(12)15/h7,12,14H,1-6,8-11H2/t12-,14-/m1/s1. The third kappa shape index (κ3) is 1.81. The first kappa shape index (κ1) is 9.74. The summed E-state index contributed by atoms with van der Waals surface area (Å²) in [6.07, 6.45) is 15.5. The SMILES string of the molecule is C1=C(N2CC[C@H]3CCC[C@H]32)CCCCC1. The normalized spacial score (nSPS) is 36.3. The van der Waals surface area contributed by atoms with Crippen molar-refractivity contribution in [3.8, 4) is 0 Å². The maximum absolute atomic E-state index is 2.78. The second-order valence-electron chi connectivity index (χ2n) is 5.54. The van der Waals surface area contributed by atoms with Crippen LogP contribution in [0.1, 0.15) is 57.8 Å². The molecule has 0 bridgehead atoms. The van der Waals surface area contributed by atoms with Crippen molar-refractivity contribution in [1.29, 1.82) is 0 Å². The lowest BCUT2D eigenvalue weighted by atomic mass is 10.0. The molecule has 1 nitrogen and oxygen atoms in total. The monoisotopic (exact) mass is 205 g/mol. The van der Waals surface area contributed by atoms with E-state index in [-0.39, 0.29) is 0 Å². The summed E-state index contributed by atoms with van der Waals surface area (Å²) in [5, 5.41) is 0. The molecule has 0 amide bonds. The van der Waals surface area contributed by atoms with Gasteiger partial charge in [0.25, 0.3) is 0 Å². The van der Waals surface area contributed by atoms with Gasteiger partial charge in [-0.15, -0.1) is 0 Å². The highest BCUT2D eigenvalue weighted by atomic mass is 15.2. The number of rotatable bonds is 1. The Labute approximate surface area is 93.5 Å². The second kappa shape index (κ2) is 4.19. The minimum absolute atomic E-state index is 0.939. The van der Waals surface area contributed by atoms with E-state index in [9.17, 15) is 0 Å². The van der Waals surface area contributed by atoms with Gasteiger partial charge in [0, 0.05) is 18.3 Å². The number of allylic oxidation sites excluding steroid dienone is 2. The van der Waals surface area contributed by atoms with Gasteiger partial charge in [-0.05, 0) is 50.9 Å². The maximum atomic E-state index is 2.78. The van der Waals surface area contributed by atoms with E-state index in [2.05, 4.69) is 11.0 Å². The first-order valence-corrected chi connectivity index (χ1v) is 6.91. The molecule has 1 saturated carbocycles. The number of fused-ring (bicyclic) bond motifs is 1. The van der Waals surface area contributed by atoms with E-state index < -0.39 is 0 Å². The lowest BCUT2D eigenvalue weighted by Gasteiger charge is -2.28. The predicted molar refractivity (Wildman–Crippen MR) is 63.6 cm³/mol. The Morgan fingerprint density at radius 2 is 2.00 bits per heavy atom. The molecule has 1 aliphatic heterocycles. The van der Waals surface area contributed by atoms with Gasteiger partial charge in [-0.3, -0.25) is 0 Å². The molecule has 0 radical (unpaired) electrons. The Hall–Kier alpha value is -0.460. The van der Waals surface area contributed by atoms with Crippen molar-refractivity contribution in [2.24, 2.45) is 5.92 Å². The van der Waals surface area contributed by atoms with Crippen molar-refractivity contribution in [3.63, 3.8) is 0 Å². The molecule has 15 heavy (non-hydrogen) atoms. The summed E-state index contributed by atoms with van der Waals surface area (Å²) in [5.41, 5.74) is 1.71. The highest BCUT2D eigenvalue weighted by molar-refractivity contribution is 5.09. The Kier molecular flexibility index (Phi) is 2.72. The highest BCUT2D eigenvalue weighted by Gasteiger charge is 2.37. The van der Waals surface area contributed by atoms with Gasteiger partial charge in [-0.25, -0.2) is 0 Å². The van der Waals surface area contributed by atoms with Crippen LogP contribution in [0.3, 0.4) is 0 Å². The van der Waals surface area contributed by atoms with Crippen molar-refractivity contribution in [2.45, 2.75) is 63.8 Å². The van der Waals surface area contributed by atoms with E-state index in [0.717, 1.165) is 12.0 Å². The average molecular weight is 205 g/mol. The number of nitrogens with zero attached hydrogens (tertiary/aromatic N) is 1. The molecule has 2 aliphatic carbocycles. The predicted octanol–water partition coefficient (Wildman–Crippen LogP) is 3.71. The Morgan fingerprint density at radius 1 is 1.00 bits per heavy atom. The molecular formula is C14H23N. The van der Waals surface area contributed by atoms with Crippen LogP contribution >= 0.6 is 0 Å². The molecule has 0 aromatic carbocycles.